The molecule has 2 saturated carbocycles. The third-order valence-electron chi connectivity index (χ3n) is 7.53. The minimum atomic E-state index is -1.57. The maximum atomic E-state index is 13.2. The molecule has 4 rings (SSSR count). The van der Waals surface area contributed by atoms with Crippen LogP contribution in [-0.4, -0.2) is 46.7 Å². The molecular weight excluding hydrogens is 366 g/mol. The number of rotatable bonds is 6. The molecule has 2 aliphatic carbocycles. The zero-order chi connectivity index (χ0) is 20.1. The number of carbonyl (C=O) groups excluding carboxylic acids is 1. The summed E-state index contributed by atoms with van der Waals surface area (Å²) >= 11 is 0. The van der Waals surface area contributed by atoms with Crippen molar-refractivity contribution in [3.63, 3.8) is 0 Å². The first-order valence-corrected chi connectivity index (χ1v) is 11.8. The van der Waals surface area contributed by atoms with Gasteiger partial charge in [0.25, 0.3) is 5.91 Å². The Morgan fingerprint density at radius 2 is 1.72 bits per heavy atom. The van der Waals surface area contributed by atoms with E-state index >= 15 is 0 Å². The van der Waals surface area contributed by atoms with Crippen LogP contribution in [0.5, 0.6) is 0 Å². The van der Waals surface area contributed by atoms with E-state index in [4.69, 9.17) is 4.52 Å². The molecule has 1 saturated heterocycles. The molecule has 6 heteroatoms. The molecule has 0 radical (unpaired) electrons. The molecule has 29 heavy (non-hydrogen) atoms. The van der Waals surface area contributed by atoms with Crippen LogP contribution in [-0.2, 0) is 10.4 Å². The van der Waals surface area contributed by atoms with Crippen molar-refractivity contribution in [2.24, 2.45) is 11.8 Å². The lowest BCUT2D eigenvalue weighted by atomic mass is 9.82. The number of aromatic nitrogens is 1. The lowest BCUT2D eigenvalue weighted by Gasteiger charge is -2.37. The van der Waals surface area contributed by atoms with Crippen molar-refractivity contribution in [3.8, 4) is 0 Å². The van der Waals surface area contributed by atoms with Gasteiger partial charge in [-0.05, 0) is 44.4 Å². The van der Waals surface area contributed by atoms with Gasteiger partial charge < -0.3 is 19.8 Å². The molecule has 1 aromatic heterocycles. The summed E-state index contributed by atoms with van der Waals surface area (Å²) in [5, 5.41) is 18.5. The number of nitrogens with one attached hydrogen (secondary N) is 1. The van der Waals surface area contributed by atoms with Gasteiger partial charge in [-0.2, -0.15) is 0 Å². The summed E-state index contributed by atoms with van der Waals surface area (Å²) < 4.78 is 4.96. The molecule has 2 N–H and O–H groups in total. The number of hydrogen-bond acceptors (Lipinski definition) is 5. The predicted octanol–water partition coefficient (Wildman–Crippen LogP) is 3.60. The Hall–Kier alpha value is -1.40. The Labute approximate surface area is 174 Å². The molecule has 1 atom stereocenters. The van der Waals surface area contributed by atoms with Crippen molar-refractivity contribution in [1.29, 1.82) is 0 Å². The number of likely N-dealkylation sites (tertiary alicyclic amines) is 1. The summed E-state index contributed by atoms with van der Waals surface area (Å²) in [6.45, 7) is 3.28. The molecule has 162 valence electrons. The van der Waals surface area contributed by atoms with Crippen molar-refractivity contribution in [1.82, 2.24) is 15.4 Å². The van der Waals surface area contributed by atoms with Crippen LogP contribution in [0, 0.1) is 11.8 Å². The van der Waals surface area contributed by atoms with E-state index in [9.17, 15) is 9.90 Å². The van der Waals surface area contributed by atoms with Gasteiger partial charge in [0.05, 0.1) is 0 Å². The minimum absolute atomic E-state index is 0.0806. The molecule has 2 heterocycles. The molecule has 6 nitrogen and oxygen atoms in total. The van der Waals surface area contributed by atoms with Gasteiger partial charge in [-0.25, -0.2) is 0 Å². The van der Waals surface area contributed by atoms with Crippen LogP contribution in [0.25, 0.3) is 0 Å². The number of nitrogens with zero attached hydrogens (tertiary/aromatic N) is 2. The molecule has 1 aliphatic heterocycles. The first-order chi connectivity index (χ1) is 14.2. The Bertz CT molecular complexity index is 628. The molecule has 1 unspecified atom stereocenters. The lowest BCUT2D eigenvalue weighted by molar-refractivity contribution is -0.149. The van der Waals surface area contributed by atoms with E-state index in [2.05, 4.69) is 15.4 Å². The minimum Gasteiger partial charge on any atom is -0.374 e. The summed E-state index contributed by atoms with van der Waals surface area (Å²) in [5.41, 5.74) is -1.21. The van der Waals surface area contributed by atoms with E-state index in [1.54, 1.807) is 6.07 Å². The Morgan fingerprint density at radius 3 is 2.34 bits per heavy atom. The van der Waals surface area contributed by atoms with Crippen molar-refractivity contribution in [3.05, 3.63) is 18.0 Å². The Balaban J connectivity index is 1.31. The van der Waals surface area contributed by atoms with Crippen molar-refractivity contribution >= 4 is 5.91 Å². The summed E-state index contributed by atoms with van der Waals surface area (Å²) in [7, 11) is 0. The van der Waals surface area contributed by atoms with E-state index in [0.29, 0.717) is 5.69 Å². The second kappa shape index (κ2) is 9.61. The highest BCUT2D eigenvalue weighted by Gasteiger charge is 2.49. The highest BCUT2D eigenvalue weighted by Crippen LogP contribution is 2.40. The first-order valence-electron chi connectivity index (χ1n) is 11.8. The highest BCUT2D eigenvalue weighted by atomic mass is 16.5. The van der Waals surface area contributed by atoms with Gasteiger partial charge in [-0.3, -0.25) is 4.79 Å². The molecule has 1 amide bonds. The third kappa shape index (κ3) is 4.85. The number of hydrogen-bond donors (Lipinski definition) is 2. The van der Waals surface area contributed by atoms with Gasteiger partial charge >= 0.3 is 0 Å². The molecule has 3 fully saturated rings. The predicted molar refractivity (Wildman–Crippen MR) is 111 cm³/mol. The summed E-state index contributed by atoms with van der Waals surface area (Å²) in [6.07, 6.45) is 15.5. The molecule has 0 aromatic carbocycles. The molecular formula is C23H37N3O3. The van der Waals surface area contributed by atoms with Gasteiger partial charge in [0.15, 0.2) is 5.60 Å². The summed E-state index contributed by atoms with van der Waals surface area (Å²) in [6, 6.07) is 1.76. The third-order valence-corrected chi connectivity index (χ3v) is 7.53. The topological polar surface area (TPSA) is 78.6 Å². The first kappa shape index (κ1) is 20.9. The van der Waals surface area contributed by atoms with Gasteiger partial charge in [0.2, 0.25) is 0 Å². The largest absolute Gasteiger partial charge is 0.374 e. The number of aliphatic hydroxyl groups is 1. The van der Waals surface area contributed by atoms with Crippen LogP contribution >= 0.6 is 0 Å². The fourth-order valence-electron chi connectivity index (χ4n) is 5.73. The van der Waals surface area contributed by atoms with Crippen LogP contribution in [0.2, 0.25) is 0 Å². The van der Waals surface area contributed by atoms with E-state index in [1.807, 2.05) is 0 Å². The van der Waals surface area contributed by atoms with E-state index in [-0.39, 0.29) is 17.9 Å². The van der Waals surface area contributed by atoms with E-state index < -0.39 is 5.60 Å². The maximum Gasteiger partial charge on any atom is 0.258 e. The fourth-order valence-corrected chi connectivity index (χ4v) is 5.73. The molecule has 0 bridgehead atoms. The van der Waals surface area contributed by atoms with Crippen molar-refractivity contribution in [2.45, 2.75) is 88.7 Å². The summed E-state index contributed by atoms with van der Waals surface area (Å²) in [5.74, 6) is 0.478. The van der Waals surface area contributed by atoms with Gasteiger partial charge in [-0.1, -0.05) is 43.7 Å². The average Bonchev–Trinajstić information content (AvgIpc) is 3.41. The van der Waals surface area contributed by atoms with Crippen molar-refractivity contribution < 1.29 is 14.4 Å². The maximum absolute atomic E-state index is 13.2. The fraction of sp³-hybridized carbons (Fsp3) is 0.826. The van der Waals surface area contributed by atoms with E-state index in [0.717, 1.165) is 57.5 Å². The second-order valence-electron chi connectivity index (χ2n) is 9.54. The quantitative estimate of drug-likeness (QED) is 0.710. The summed E-state index contributed by atoms with van der Waals surface area (Å²) in [4.78, 5) is 15.8. The molecule has 0 spiro atoms. The SMILES string of the molecule is O=C(NC1CCN(CC2CCCCCC2)CC1)C(O)(c1ccon1)C1CCCC1. The van der Waals surface area contributed by atoms with Gasteiger partial charge in [0, 0.05) is 37.7 Å². The van der Waals surface area contributed by atoms with Crippen LogP contribution in [0.15, 0.2) is 16.9 Å². The van der Waals surface area contributed by atoms with Crippen LogP contribution in [0.1, 0.15) is 82.7 Å². The van der Waals surface area contributed by atoms with Crippen molar-refractivity contribution in [2.75, 3.05) is 19.6 Å². The lowest BCUT2D eigenvalue weighted by Crippen LogP contribution is -2.54. The van der Waals surface area contributed by atoms with Crippen LogP contribution in [0.3, 0.4) is 0 Å². The zero-order valence-electron chi connectivity index (χ0n) is 17.7. The monoisotopic (exact) mass is 403 g/mol. The highest BCUT2D eigenvalue weighted by molar-refractivity contribution is 5.86. The van der Waals surface area contributed by atoms with Gasteiger partial charge in [0.1, 0.15) is 12.0 Å². The molecule has 3 aliphatic rings. The normalized spacial score (nSPS) is 25.6. The Morgan fingerprint density at radius 1 is 1.07 bits per heavy atom. The van der Waals surface area contributed by atoms with Crippen LogP contribution < -0.4 is 5.32 Å². The zero-order valence-corrected chi connectivity index (χ0v) is 17.7. The Kier molecular flexibility index (Phi) is 6.91. The van der Waals surface area contributed by atoms with Crippen LogP contribution in [0.4, 0.5) is 0 Å². The molecule has 1 aromatic rings. The number of amides is 1. The van der Waals surface area contributed by atoms with E-state index in [1.165, 1.54) is 51.3 Å². The number of piperidine rings is 1. The number of carbonyl (C=O) groups is 1. The smallest absolute Gasteiger partial charge is 0.258 e. The average molecular weight is 404 g/mol. The standard InChI is InChI=1S/C23H37N3O3/c27-22(23(28,19-9-5-6-10-19)21-13-16-29-25-21)24-20-11-14-26(15-12-20)17-18-7-3-1-2-4-8-18/h13,16,18-20,28H,1-12,14-15,17H2,(H,24,27). The van der Waals surface area contributed by atoms with Gasteiger partial charge in [-0.15, -0.1) is 0 Å². The second-order valence-corrected chi connectivity index (χ2v) is 9.54.